The summed E-state index contributed by atoms with van der Waals surface area (Å²) >= 11 is 1.73. The van der Waals surface area contributed by atoms with E-state index in [1.54, 1.807) is 11.8 Å². The summed E-state index contributed by atoms with van der Waals surface area (Å²) in [5.41, 5.74) is 10.7. The Bertz CT molecular complexity index is 773. The Morgan fingerprint density at radius 3 is 2.73 bits per heavy atom. The van der Waals surface area contributed by atoms with Crippen molar-refractivity contribution in [3.63, 3.8) is 0 Å². The Morgan fingerprint density at radius 1 is 1.15 bits per heavy atom. The fraction of sp³-hybridized carbons (Fsp3) is 0.333. The lowest BCUT2D eigenvalue weighted by molar-refractivity contribution is 0.209. The lowest BCUT2D eigenvalue weighted by atomic mass is 9.99. The molecule has 4 nitrogen and oxygen atoms in total. The summed E-state index contributed by atoms with van der Waals surface area (Å²) in [5, 5.41) is 4.36. The van der Waals surface area contributed by atoms with E-state index in [1.165, 1.54) is 11.1 Å². The molecule has 136 valence electrons. The van der Waals surface area contributed by atoms with Crippen molar-refractivity contribution >= 4 is 11.8 Å². The van der Waals surface area contributed by atoms with Crippen LogP contribution < -0.4 is 5.73 Å². The van der Waals surface area contributed by atoms with E-state index in [2.05, 4.69) is 57.7 Å². The Kier molecular flexibility index (Phi) is 6.61. The molecule has 26 heavy (non-hydrogen) atoms. The summed E-state index contributed by atoms with van der Waals surface area (Å²) in [7, 11) is 0. The smallest absolute Gasteiger partial charge is 0.0573 e. The molecule has 0 radical (unpaired) electrons. The summed E-state index contributed by atoms with van der Waals surface area (Å²) < 4.78 is 0. The van der Waals surface area contributed by atoms with Gasteiger partial charge in [0, 0.05) is 44.0 Å². The molecule has 2 aromatic rings. The molecule has 2 N–H and O–H groups in total. The average Bonchev–Trinajstić information content (AvgIpc) is 2.69. The van der Waals surface area contributed by atoms with Crippen molar-refractivity contribution in [2.24, 2.45) is 11.7 Å². The summed E-state index contributed by atoms with van der Waals surface area (Å²) in [6, 6.07) is 10.4. The van der Waals surface area contributed by atoms with E-state index in [4.69, 9.17) is 5.73 Å². The number of nitrogens with zero attached hydrogens (tertiary/aromatic N) is 3. The fourth-order valence-electron chi connectivity index (χ4n) is 3.11. The van der Waals surface area contributed by atoms with E-state index in [9.17, 15) is 0 Å². The Hall–Kier alpha value is -1.95. The SMILES string of the molecule is Cc1cccnc1CN(CC1=CSC=CC1CN)C(C)c1ccccn1. The van der Waals surface area contributed by atoms with Gasteiger partial charge >= 0.3 is 0 Å². The van der Waals surface area contributed by atoms with E-state index in [0.717, 1.165) is 24.5 Å². The lowest BCUT2D eigenvalue weighted by Crippen LogP contribution is -2.32. The highest BCUT2D eigenvalue weighted by Gasteiger charge is 2.22. The second-order valence-electron chi connectivity index (χ2n) is 6.60. The molecular formula is C21H26N4S. The van der Waals surface area contributed by atoms with Gasteiger partial charge in [-0.15, -0.1) is 11.8 Å². The van der Waals surface area contributed by atoms with E-state index in [-0.39, 0.29) is 6.04 Å². The minimum atomic E-state index is 0.188. The van der Waals surface area contributed by atoms with Crippen LogP contribution in [0.2, 0.25) is 0 Å². The molecule has 3 heterocycles. The highest BCUT2D eigenvalue weighted by Crippen LogP contribution is 2.29. The van der Waals surface area contributed by atoms with Crippen LogP contribution in [0, 0.1) is 12.8 Å². The van der Waals surface area contributed by atoms with Crippen molar-refractivity contribution in [3.05, 3.63) is 82.1 Å². The van der Waals surface area contributed by atoms with Gasteiger partial charge in [0.1, 0.15) is 0 Å². The first-order valence-corrected chi connectivity index (χ1v) is 9.90. The molecule has 0 saturated heterocycles. The lowest BCUT2D eigenvalue weighted by Gasteiger charge is -2.32. The van der Waals surface area contributed by atoms with Gasteiger partial charge < -0.3 is 5.73 Å². The number of aromatic nitrogens is 2. The molecule has 0 saturated carbocycles. The van der Waals surface area contributed by atoms with Crippen molar-refractivity contribution in [1.29, 1.82) is 0 Å². The Labute approximate surface area is 160 Å². The topological polar surface area (TPSA) is 55.0 Å². The second-order valence-corrected chi connectivity index (χ2v) is 7.38. The number of hydrogen-bond donors (Lipinski definition) is 1. The highest BCUT2D eigenvalue weighted by molar-refractivity contribution is 8.05. The van der Waals surface area contributed by atoms with Crippen LogP contribution in [-0.4, -0.2) is 28.0 Å². The van der Waals surface area contributed by atoms with E-state index in [0.29, 0.717) is 12.5 Å². The van der Waals surface area contributed by atoms with Crippen molar-refractivity contribution in [1.82, 2.24) is 14.9 Å². The van der Waals surface area contributed by atoms with Crippen LogP contribution in [0.15, 0.2) is 65.2 Å². The number of pyridine rings is 2. The molecule has 2 aromatic heterocycles. The fourth-order valence-corrected chi connectivity index (χ4v) is 3.90. The van der Waals surface area contributed by atoms with Gasteiger partial charge in [-0.25, -0.2) is 0 Å². The summed E-state index contributed by atoms with van der Waals surface area (Å²) in [5.74, 6) is 0.305. The molecule has 1 aliphatic heterocycles. The number of thioether (sulfide) groups is 1. The average molecular weight is 367 g/mol. The predicted octanol–water partition coefficient (Wildman–Crippen LogP) is 4.07. The third-order valence-electron chi connectivity index (χ3n) is 4.86. The highest BCUT2D eigenvalue weighted by atomic mass is 32.2. The van der Waals surface area contributed by atoms with Crippen molar-refractivity contribution in [2.75, 3.05) is 13.1 Å². The Morgan fingerprint density at radius 2 is 2.00 bits per heavy atom. The zero-order valence-electron chi connectivity index (χ0n) is 15.4. The largest absolute Gasteiger partial charge is 0.330 e. The van der Waals surface area contributed by atoms with Crippen molar-refractivity contribution in [3.8, 4) is 0 Å². The van der Waals surface area contributed by atoms with Gasteiger partial charge in [0.2, 0.25) is 0 Å². The Balaban J connectivity index is 1.86. The molecule has 0 spiro atoms. The maximum absolute atomic E-state index is 5.99. The molecule has 1 aliphatic rings. The zero-order chi connectivity index (χ0) is 18.4. The molecule has 0 amide bonds. The van der Waals surface area contributed by atoms with Crippen molar-refractivity contribution in [2.45, 2.75) is 26.4 Å². The monoisotopic (exact) mass is 366 g/mol. The number of rotatable bonds is 7. The first-order valence-electron chi connectivity index (χ1n) is 8.95. The normalized spacial score (nSPS) is 18.0. The molecule has 0 aliphatic carbocycles. The molecule has 0 aromatic carbocycles. The van der Waals surface area contributed by atoms with Gasteiger partial charge in [-0.3, -0.25) is 14.9 Å². The third-order valence-corrected chi connectivity index (χ3v) is 5.61. The number of hydrogen-bond acceptors (Lipinski definition) is 5. The number of aryl methyl sites for hydroxylation is 1. The van der Waals surface area contributed by atoms with Gasteiger partial charge in [-0.1, -0.05) is 18.2 Å². The van der Waals surface area contributed by atoms with Gasteiger partial charge in [-0.05, 0) is 54.0 Å². The predicted molar refractivity (Wildman–Crippen MR) is 109 cm³/mol. The third kappa shape index (κ3) is 4.61. The minimum Gasteiger partial charge on any atom is -0.330 e. The zero-order valence-corrected chi connectivity index (χ0v) is 16.2. The molecule has 0 fully saturated rings. The summed E-state index contributed by atoms with van der Waals surface area (Å²) in [4.78, 5) is 11.6. The summed E-state index contributed by atoms with van der Waals surface area (Å²) in [6.45, 7) is 6.61. The quantitative estimate of drug-likeness (QED) is 0.800. The maximum atomic E-state index is 5.99. The van der Waals surface area contributed by atoms with E-state index in [1.807, 2.05) is 30.6 Å². The van der Waals surface area contributed by atoms with Gasteiger partial charge in [0.25, 0.3) is 0 Å². The standard InChI is InChI=1S/C21H26N4S/c1-16-6-5-10-24-21(16)14-25(17(2)20-7-3-4-9-23-20)13-19-15-26-11-8-18(19)12-22/h3-11,15,17-18H,12-14,22H2,1-2H3. The van der Waals surface area contributed by atoms with Gasteiger partial charge in [0.05, 0.1) is 11.4 Å². The van der Waals surface area contributed by atoms with Crippen LogP contribution in [-0.2, 0) is 6.54 Å². The van der Waals surface area contributed by atoms with Gasteiger partial charge in [0.15, 0.2) is 0 Å². The van der Waals surface area contributed by atoms with Crippen LogP contribution in [0.1, 0.15) is 29.9 Å². The first-order chi connectivity index (χ1) is 12.7. The van der Waals surface area contributed by atoms with Crippen LogP contribution in [0.25, 0.3) is 0 Å². The van der Waals surface area contributed by atoms with Crippen LogP contribution in [0.3, 0.4) is 0 Å². The van der Waals surface area contributed by atoms with Crippen LogP contribution >= 0.6 is 11.8 Å². The van der Waals surface area contributed by atoms with E-state index < -0.39 is 0 Å². The number of nitrogens with two attached hydrogens (primary N) is 1. The summed E-state index contributed by atoms with van der Waals surface area (Å²) in [6.07, 6.45) is 5.93. The second kappa shape index (κ2) is 9.12. The van der Waals surface area contributed by atoms with Gasteiger partial charge in [-0.2, -0.15) is 0 Å². The van der Waals surface area contributed by atoms with Crippen LogP contribution in [0.4, 0.5) is 0 Å². The van der Waals surface area contributed by atoms with E-state index >= 15 is 0 Å². The molecule has 2 unspecified atom stereocenters. The molecule has 5 heteroatoms. The maximum Gasteiger partial charge on any atom is 0.0573 e. The van der Waals surface area contributed by atoms with Crippen LogP contribution in [0.5, 0.6) is 0 Å². The molecule has 2 atom stereocenters. The minimum absolute atomic E-state index is 0.188. The molecule has 3 rings (SSSR count). The van der Waals surface area contributed by atoms with Crippen molar-refractivity contribution < 1.29 is 0 Å². The first kappa shape index (κ1) is 18.8. The molecule has 0 bridgehead atoms. The molecular weight excluding hydrogens is 340 g/mol.